The van der Waals surface area contributed by atoms with Crippen molar-refractivity contribution < 1.29 is 38.7 Å². The van der Waals surface area contributed by atoms with Crippen molar-refractivity contribution in [2.75, 3.05) is 21.0 Å². The number of benzene rings is 2. The highest BCUT2D eigenvalue weighted by Gasteiger charge is 2.39. The van der Waals surface area contributed by atoms with E-state index in [1.54, 1.807) is 32.1 Å². The van der Waals surface area contributed by atoms with Crippen molar-refractivity contribution >= 4 is 5.97 Å². The van der Waals surface area contributed by atoms with Crippen LogP contribution in [-0.4, -0.2) is 37.2 Å². The second-order valence-corrected chi connectivity index (χ2v) is 8.76. The third kappa shape index (κ3) is 3.67. The second-order valence-electron chi connectivity index (χ2n) is 8.76. The van der Waals surface area contributed by atoms with Crippen molar-refractivity contribution in [2.24, 2.45) is 11.8 Å². The summed E-state index contributed by atoms with van der Waals surface area (Å²) in [7, 11) is 2.93. The number of allylic oxidation sites excluding steroid dienone is 1. The Bertz CT molecular complexity index is 1170. The summed E-state index contributed by atoms with van der Waals surface area (Å²) in [5.41, 5.74) is 2.45. The zero-order chi connectivity index (χ0) is 24.7. The molecule has 8 nitrogen and oxygen atoms in total. The Morgan fingerprint density at radius 1 is 1.09 bits per heavy atom. The molecule has 0 amide bonds. The molecule has 3 atom stereocenters. The summed E-state index contributed by atoms with van der Waals surface area (Å²) in [4.78, 5) is 12.8. The first-order chi connectivity index (χ1) is 16.2. The Kier molecular flexibility index (Phi) is 6.25. The van der Waals surface area contributed by atoms with Crippen molar-refractivity contribution in [3.05, 3.63) is 34.9 Å². The molecule has 0 saturated carbocycles. The summed E-state index contributed by atoms with van der Waals surface area (Å²) in [6.07, 6.45) is 1.51. The van der Waals surface area contributed by atoms with E-state index in [0.717, 1.165) is 5.56 Å². The molecule has 0 fully saturated rings. The van der Waals surface area contributed by atoms with E-state index in [4.69, 9.17) is 23.7 Å². The highest BCUT2D eigenvalue weighted by molar-refractivity contribution is 5.90. The molecule has 2 aliphatic rings. The number of methoxy groups -OCH3 is 2. The lowest BCUT2D eigenvalue weighted by atomic mass is 9.76. The van der Waals surface area contributed by atoms with E-state index in [1.165, 1.54) is 14.2 Å². The fourth-order valence-corrected chi connectivity index (χ4v) is 4.61. The highest BCUT2D eigenvalue weighted by atomic mass is 16.7. The third-order valence-corrected chi connectivity index (χ3v) is 6.86. The van der Waals surface area contributed by atoms with Gasteiger partial charge in [0.25, 0.3) is 0 Å². The minimum Gasteiger partial charge on any atom is -0.504 e. The van der Waals surface area contributed by atoms with Crippen LogP contribution in [0.4, 0.5) is 0 Å². The largest absolute Gasteiger partial charge is 0.504 e. The molecule has 182 valence electrons. The SMILES string of the molecule is CC=C(C)C(=O)OC1c2cc3c(c(O)c2-c2c(cc(OC)c(OC)c2O)CC(C)C1C)OCO3. The number of esters is 1. The first kappa shape index (κ1) is 23.6. The van der Waals surface area contributed by atoms with Gasteiger partial charge >= 0.3 is 5.97 Å². The Morgan fingerprint density at radius 2 is 1.82 bits per heavy atom. The van der Waals surface area contributed by atoms with Gasteiger partial charge in [-0.05, 0) is 43.9 Å². The average Bonchev–Trinajstić information content (AvgIpc) is 3.30. The van der Waals surface area contributed by atoms with Gasteiger partial charge in [0, 0.05) is 28.2 Å². The Morgan fingerprint density at radius 3 is 2.47 bits per heavy atom. The molecule has 4 rings (SSSR count). The molecule has 2 aromatic carbocycles. The molecular weight excluding hydrogens is 440 g/mol. The van der Waals surface area contributed by atoms with Gasteiger partial charge in [0.05, 0.1) is 14.2 Å². The van der Waals surface area contributed by atoms with E-state index in [2.05, 4.69) is 6.92 Å². The minimum absolute atomic E-state index is 0.0423. The predicted octanol–water partition coefficient (Wildman–Crippen LogP) is 4.89. The van der Waals surface area contributed by atoms with Crippen LogP contribution in [0, 0.1) is 11.8 Å². The Hall–Kier alpha value is -3.55. The van der Waals surface area contributed by atoms with Gasteiger partial charge < -0.3 is 33.9 Å². The summed E-state index contributed by atoms with van der Waals surface area (Å²) in [5, 5.41) is 22.7. The van der Waals surface area contributed by atoms with Gasteiger partial charge in [-0.3, -0.25) is 0 Å². The standard InChI is InChI=1S/C26H30O8/c1-7-12(2)26(29)34-23-14(4)13(3)8-15-9-17(30-5)24(31-6)21(27)19(15)20-16(23)10-18-25(22(20)28)33-11-32-18/h7,9-10,13-14,23,27-28H,8,11H2,1-6H3. The maximum atomic E-state index is 12.8. The lowest BCUT2D eigenvalue weighted by molar-refractivity contribution is -0.148. The molecule has 34 heavy (non-hydrogen) atoms. The van der Waals surface area contributed by atoms with E-state index in [9.17, 15) is 15.0 Å². The molecule has 0 bridgehead atoms. The van der Waals surface area contributed by atoms with Gasteiger partial charge in [-0.15, -0.1) is 0 Å². The van der Waals surface area contributed by atoms with Crippen molar-refractivity contribution in [1.82, 2.24) is 0 Å². The van der Waals surface area contributed by atoms with E-state index in [-0.39, 0.29) is 41.6 Å². The molecule has 1 aliphatic carbocycles. The average molecular weight is 471 g/mol. The fraction of sp³-hybridized carbons (Fsp3) is 0.423. The molecule has 8 heteroatoms. The molecule has 0 radical (unpaired) electrons. The molecule has 0 spiro atoms. The Balaban J connectivity index is 2.06. The van der Waals surface area contributed by atoms with Crippen LogP contribution in [-0.2, 0) is 16.0 Å². The molecule has 0 aromatic heterocycles. The number of phenolic OH excluding ortho intramolecular Hbond substituents is 2. The number of phenols is 2. The number of rotatable bonds is 4. The van der Waals surface area contributed by atoms with Gasteiger partial charge in [0.15, 0.2) is 23.0 Å². The van der Waals surface area contributed by atoms with Gasteiger partial charge in [0.1, 0.15) is 6.10 Å². The van der Waals surface area contributed by atoms with Crippen molar-refractivity contribution in [3.8, 4) is 45.6 Å². The molecular formula is C26H30O8. The molecule has 0 saturated heterocycles. The number of hydrogen-bond donors (Lipinski definition) is 2. The van der Waals surface area contributed by atoms with E-state index in [1.807, 2.05) is 6.92 Å². The quantitative estimate of drug-likeness (QED) is 0.481. The topological polar surface area (TPSA) is 104 Å². The summed E-state index contributed by atoms with van der Waals surface area (Å²) in [6.45, 7) is 7.47. The maximum Gasteiger partial charge on any atom is 0.333 e. The van der Waals surface area contributed by atoms with Crippen molar-refractivity contribution in [3.63, 3.8) is 0 Å². The monoisotopic (exact) mass is 470 g/mol. The van der Waals surface area contributed by atoms with E-state index in [0.29, 0.717) is 40.2 Å². The smallest absolute Gasteiger partial charge is 0.333 e. The normalized spacial score (nSPS) is 21.1. The Labute approximate surface area is 198 Å². The van der Waals surface area contributed by atoms with Crippen LogP contribution >= 0.6 is 0 Å². The van der Waals surface area contributed by atoms with Crippen LogP contribution in [0.1, 0.15) is 44.9 Å². The summed E-state index contributed by atoms with van der Waals surface area (Å²) >= 11 is 0. The van der Waals surface area contributed by atoms with Gasteiger partial charge in [-0.1, -0.05) is 19.9 Å². The molecule has 2 N–H and O–H groups in total. The fourth-order valence-electron chi connectivity index (χ4n) is 4.61. The number of carbonyl (C=O) groups is 1. The molecule has 1 aliphatic heterocycles. The lowest BCUT2D eigenvalue weighted by Gasteiger charge is -2.34. The van der Waals surface area contributed by atoms with E-state index >= 15 is 0 Å². The van der Waals surface area contributed by atoms with Crippen LogP contribution in [0.5, 0.6) is 34.5 Å². The van der Waals surface area contributed by atoms with Crippen LogP contribution in [0.25, 0.3) is 11.1 Å². The molecule has 2 aromatic rings. The van der Waals surface area contributed by atoms with E-state index < -0.39 is 12.1 Å². The second kappa shape index (κ2) is 9.00. The van der Waals surface area contributed by atoms with Gasteiger partial charge in [-0.25, -0.2) is 4.79 Å². The highest BCUT2D eigenvalue weighted by Crippen LogP contribution is 2.58. The first-order valence-electron chi connectivity index (χ1n) is 11.2. The first-order valence-corrected chi connectivity index (χ1v) is 11.2. The van der Waals surface area contributed by atoms with Crippen LogP contribution in [0.3, 0.4) is 0 Å². The van der Waals surface area contributed by atoms with Crippen LogP contribution < -0.4 is 18.9 Å². The number of hydrogen-bond acceptors (Lipinski definition) is 8. The predicted molar refractivity (Wildman–Crippen MR) is 125 cm³/mol. The number of aromatic hydroxyl groups is 2. The summed E-state index contributed by atoms with van der Waals surface area (Å²) < 4.78 is 28.0. The minimum atomic E-state index is -0.714. The summed E-state index contributed by atoms with van der Waals surface area (Å²) in [5.74, 6) is 0.139. The maximum absolute atomic E-state index is 12.8. The number of ether oxygens (including phenoxy) is 5. The van der Waals surface area contributed by atoms with Crippen LogP contribution in [0.15, 0.2) is 23.8 Å². The number of fused-ring (bicyclic) bond motifs is 4. The van der Waals surface area contributed by atoms with Crippen molar-refractivity contribution in [2.45, 2.75) is 40.2 Å². The molecule has 1 heterocycles. The van der Waals surface area contributed by atoms with Gasteiger partial charge in [-0.2, -0.15) is 0 Å². The lowest BCUT2D eigenvalue weighted by Crippen LogP contribution is -2.26. The third-order valence-electron chi connectivity index (χ3n) is 6.86. The van der Waals surface area contributed by atoms with Crippen molar-refractivity contribution in [1.29, 1.82) is 0 Å². The molecule has 3 unspecified atom stereocenters. The summed E-state index contributed by atoms with van der Waals surface area (Å²) in [6, 6.07) is 3.52. The van der Waals surface area contributed by atoms with Crippen LogP contribution in [0.2, 0.25) is 0 Å². The zero-order valence-corrected chi connectivity index (χ0v) is 20.2. The van der Waals surface area contributed by atoms with Gasteiger partial charge in [0.2, 0.25) is 18.3 Å². The zero-order valence-electron chi connectivity index (χ0n) is 20.2. The number of carbonyl (C=O) groups excluding carboxylic acids is 1.